The van der Waals surface area contributed by atoms with Crippen molar-refractivity contribution in [2.45, 2.75) is 63.3 Å². The van der Waals surface area contributed by atoms with Crippen LogP contribution < -0.4 is 0 Å². The van der Waals surface area contributed by atoms with E-state index in [4.69, 9.17) is 0 Å². The third-order valence-corrected chi connectivity index (χ3v) is 6.03. The van der Waals surface area contributed by atoms with Gasteiger partial charge < -0.3 is 5.11 Å². The molecule has 4 atom stereocenters. The summed E-state index contributed by atoms with van der Waals surface area (Å²) in [5.41, 5.74) is 4.26. The van der Waals surface area contributed by atoms with Crippen LogP contribution in [0.3, 0.4) is 0 Å². The van der Waals surface area contributed by atoms with Gasteiger partial charge in [-0.05, 0) is 36.5 Å². The van der Waals surface area contributed by atoms with Gasteiger partial charge in [-0.3, -0.25) is 4.90 Å². The lowest BCUT2D eigenvalue weighted by Crippen LogP contribution is -2.53. The first-order valence-corrected chi connectivity index (χ1v) is 9.32. The van der Waals surface area contributed by atoms with Crippen molar-refractivity contribution >= 4 is 0 Å². The maximum absolute atomic E-state index is 10.6. The Balaban J connectivity index is 1.75. The number of fused-ring (bicyclic) bond motifs is 1. The van der Waals surface area contributed by atoms with Gasteiger partial charge in [-0.1, -0.05) is 67.4 Å². The molecule has 0 amide bonds. The Morgan fingerprint density at radius 1 is 0.917 bits per heavy atom. The van der Waals surface area contributed by atoms with E-state index in [2.05, 4.69) is 66.4 Å². The van der Waals surface area contributed by atoms with E-state index in [-0.39, 0.29) is 6.10 Å². The van der Waals surface area contributed by atoms with Crippen LogP contribution in [0.4, 0.5) is 0 Å². The highest BCUT2D eigenvalue weighted by molar-refractivity contribution is 5.41. The molecule has 1 N–H and O–H groups in total. The monoisotopic (exact) mass is 321 g/mol. The highest BCUT2D eigenvalue weighted by atomic mass is 16.3. The molecule has 0 aromatic heterocycles. The highest BCUT2D eigenvalue weighted by Gasteiger charge is 2.39. The number of nitrogens with zero attached hydrogens (tertiary/aromatic N) is 1. The van der Waals surface area contributed by atoms with Gasteiger partial charge in [-0.15, -0.1) is 0 Å². The second-order valence-corrected chi connectivity index (χ2v) is 7.42. The minimum absolute atomic E-state index is 0.178. The largest absolute Gasteiger partial charge is 0.391 e. The van der Waals surface area contributed by atoms with Crippen molar-refractivity contribution < 1.29 is 5.11 Å². The third-order valence-electron chi connectivity index (χ3n) is 6.03. The lowest BCUT2D eigenvalue weighted by molar-refractivity contribution is -0.0111. The van der Waals surface area contributed by atoms with Crippen LogP contribution in [0.1, 0.15) is 55.2 Å². The molecule has 2 heteroatoms. The van der Waals surface area contributed by atoms with Crippen LogP contribution in [0.25, 0.3) is 0 Å². The smallest absolute Gasteiger partial charge is 0.0695 e. The molecule has 0 bridgehead atoms. The van der Waals surface area contributed by atoms with Crippen molar-refractivity contribution in [2.24, 2.45) is 0 Å². The predicted octanol–water partition coefficient (Wildman–Crippen LogP) is 4.33. The van der Waals surface area contributed by atoms with E-state index >= 15 is 0 Å². The molecule has 1 heterocycles. The zero-order valence-corrected chi connectivity index (χ0v) is 14.4. The lowest BCUT2D eigenvalue weighted by Gasteiger charge is -2.47. The van der Waals surface area contributed by atoms with Crippen LogP contribution in [-0.2, 0) is 6.54 Å². The molecule has 2 aromatic carbocycles. The van der Waals surface area contributed by atoms with Gasteiger partial charge >= 0.3 is 0 Å². The zero-order chi connectivity index (χ0) is 16.5. The molecule has 1 fully saturated rings. The average Bonchev–Trinajstić information content (AvgIpc) is 2.63. The zero-order valence-electron chi connectivity index (χ0n) is 14.4. The van der Waals surface area contributed by atoms with E-state index in [0.29, 0.717) is 18.0 Å². The third kappa shape index (κ3) is 2.78. The molecule has 0 saturated heterocycles. The van der Waals surface area contributed by atoms with E-state index in [9.17, 15) is 5.11 Å². The lowest BCUT2D eigenvalue weighted by atomic mass is 9.77. The quantitative estimate of drug-likeness (QED) is 0.890. The standard InChI is InChI=1S/C22H27NO/c1-16-22(17-9-3-2-4-10-17)19-12-6-5-11-18(19)15-23(16)20-13-7-8-14-21(20)24/h2-6,9-12,16,20-22,24H,7-8,13-15H2,1H3/t16-,20+,21+,22+/m1/s1. The summed E-state index contributed by atoms with van der Waals surface area (Å²) in [5, 5.41) is 10.6. The van der Waals surface area contributed by atoms with Gasteiger partial charge in [0.1, 0.15) is 0 Å². The summed E-state index contributed by atoms with van der Waals surface area (Å²) in [5.74, 6) is 0.380. The van der Waals surface area contributed by atoms with Crippen molar-refractivity contribution in [3.05, 3.63) is 71.3 Å². The molecule has 2 aromatic rings. The van der Waals surface area contributed by atoms with Crippen molar-refractivity contribution in [1.29, 1.82) is 0 Å². The summed E-state index contributed by atoms with van der Waals surface area (Å²) in [6, 6.07) is 20.4. The van der Waals surface area contributed by atoms with Gasteiger partial charge in [0.2, 0.25) is 0 Å². The number of hydrogen-bond donors (Lipinski definition) is 1. The van der Waals surface area contributed by atoms with Gasteiger partial charge in [-0.2, -0.15) is 0 Å². The first kappa shape index (κ1) is 15.9. The molecule has 0 spiro atoms. The molecule has 1 aliphatic carbocycles. The Hall–Kier alpha value is -1.64. The Kier molecular flexibility index (Phi) is 4.43. The van der Waals surface area contributed by atoms with E-state index in [1.54, 1.807) is 0 Å². The minimum atomic E-state index is -0.178. The summed E-state index contributed by atoms with van der Waals surface area (Å²) in [6.07, 6.45) is 4.30. The molecule has 24 heavy (non-hydrogen) atoms. The summed E-state index contributed by atoms with van der Waals surface area (Å²) >= 11 is 0. The van der Waals surface area contributed by atoms with Crippen LogP contribution in [0.15, 0.2) is 54.6 Å². The van der Waals surface area contributed by atoms with Crippen LogP contribution in [-0.4, -0.2) is 28.2 Å². The van der Waals surface area contributed by atoms with Gasteiger partial charge in [0, 0.05) is 24.5 Å². The second-order valence-electron chi connectivity index (χ2n) is 7.42. The molecule has 126 valence electrons. The fourth-order valence-electron chi connectivity index (χ4n) is 4.79. The van der Waals surface area contributed by atoms with Gasteiger partial charge in [0.15, 0.2) is 0 Å². The SMILES string of the molecule is C[C@@H]1[C@@H](c2ccccc2)c2ccccc2CN1[C@H]1CCCC[C@@H]1O. The molecular weight excluding hydrogens is 294 g/mol. The molecule has 1 aliphatic heterocycles. The molecular formula is C22H27NO. The van der Waals surface area contributed by atoms with Crippen LogP contribution in [0.2, 0.25) is 0 Å². The summed E-state index contributed by atoms with van der Waals surface area (Å²) in [4.78, 5) is 2.57. The van der Waals surface area contributed by atoms with E-state index in [0.717, 1.165) is 19.4 Å². The average molecular weight is 321 g/mol. The van der Waals surface area contributed by atoms with Crippen LogP contribution in [0.5, 0.6) is 0 Å². The number of hydrogen-bond acceptors (Lipinski definition) is 2. The summed E-state index contributed by atoms with van der Waals surface area (Å²) < 4.78 is 0. The number of benzene rings is 2. The molecule has 2 aliphatic rings. The Bertz CT molecular complexity index is 683. The summed E-state index contributed by atoms with van der Waals surface area (Å²) in [7, 11) is 0. The van der Waals surface area contributed by atoms with Crippen molar-refractivity contribution in [3.63, 3.8) is 0 Å². The first-order valence-electron chi connectivity index (χ1n) is 9.32. The van der Waals surface area contributed by atoms with Gasteiger partial charge in [0.05, 0.1) is 6.10 Å². The van der Waals surface area contributed by atoms with Crippen LogP contribution in [0, 0.1) is 0 Å². The first-order chi connectivity index (χ1) is 11.8. The van der Waals surface area contributed by atoms with Crippen molar-refractivity contribution in [3.8, 4) is 0 Å². The Morgan fingerprint density at radius 3 is 2.42 bits per heavy atom. The van der Waals surface area contributed by atoms with Crippen molar-refractivity contribution in [1.82, 2.24) is 4.90 Å². The maximum Gasteiger partial charge on any atom is 0.0695 e. The number of aliphatic hydroxyl groups excluding tert-OH is 1. The van der Waals surface area contributed by atoms with Gasteiger partial charge in [-0.25, -0.2) is 0 Å². The van der Waals surface area contributed by atoms with E-state index in [1.165, 1.54) is 29.5 Å². The number of rotatable bonds is 2. The maximum atomic E-state index is 10.6. The normalized spacial score (nSPS) is 30.8. The van der Waals surface area contributed by atoms with Gasteiger partial charge in [0.25, 0.3) is 0 Å². The molecule has 1 saturated carbocycles. The van der Waals surface area contributed by atoms with E-state index < -0.39 is 0 Å². The fourth-order valence-corrected chi connectivity index (χ4v) is 4.79. The Morgan fingerprint density at radius 2 is 1.62 bits per heavy atom. The molecule has 4 rings (SSSR count). The summed E-state index contributed by atoms with van der Waals surface area (Å²) in [6.45, 7) is 3.30. The number of aliphatic hydroxyl groups is 1. The topological polar surface area (TPSA) is 23.5 Å². The second kappa shape index (κ2) is 6.70. The molecule has 0 unspecified atom stereocenters. The van der Waals surface area contributed by atoms with Crippen molar-refractivity contribution in [2.75, 3.05) is 0 Å². The fraction of sp³-hybridized carbons (Fsp3) is 0.455. The molecule has 2 nitrogen and oxygen atoms in total. The van der Waals surface area contributed by atoms with E-state index in [1.807, 2.05) is 0 Å². The molecule has 0 radical (unpaired) electrons. The Labute approximate surface area is 145 Å². The highest BCUT2D eigenvalue weighted by Crippen LogP contribution is 2.40. The minimum Gasteiger partial charge on any atom is -0.391 e. The van der Waals surface area contributed by atoms with Crippen LogP contribution >= 0.6 is 0 Å². The predicted molar refractivity (Wildman–Crippen MR) is 98.0 cm³/mol.